The highest BCUT2D eigenvalue weighted by molar-refractivity contribution is 7.99. The van der Waals surface area contributed by atoms with Crippen molar-refractivity contribution in [1.82, 2.24) is 20.1 Å². The van der Waals surface area contributed by atoms with E-state index >= 15 is 0 Å². The third kappa shape index (κ3) is 6.10. The summed E-state index contributed by atoms with van der Waals surface area (Å²) in [6, 6.07) is 18.1. The van der Waals surface area contributed by atoms with Gasteiger partial charge < -0.3 is 10.1 Å². The lowest BCUT2D eigenvalue weighted by atomic mass is 10.1. The van der Waals surface area contributed by atoms with Gasteiger partial charge in [-0.1, -0.05) is 55.9 Å². The Morgan fingerprint density at radius 1 is 1.07 bits per heavy atom. The van der Waals surface area contributed by atoms with Gasteiger partial charge in [-0.2, -0.15) is 0 Å². The minimum Gasteiger partial charge on any atom is -0.497 e. The molecule has 0 aliphatic carbocycles. The van der Waals surface area contributed by atoms with E-state index in [4.69, 9.17) is 4.74 Å². The highest BCUT2D eigenvalue weighted by atomic mass is 32.2. The van der Waals surface area contributed by atoms with Crippen molar-refractivity contribution in [2.24, 2.45) is 5.92 Å². The number of ether oxygens (including phenoxy) is 1. The normalized spacial score (nSPS) is 10.9. The summed E-state index contributed by atoms with van der Waals surface area (Å²) in [5, 5.41) is 12.5. The van der Waals surface area contributed by atoms with Crippen LogP contribution < -0.4 is 10.1 Å². The highest BCUT2D eigenvalue weighted by Crippen LogP contribution is 2.24. The van der Waals surface area contributed by atoms with Crippen molar-refractivity contribution in [3.8, 4) is 11.4 Å². The van der Waals surface area contributed by atoms with E-state index in [2.05, 4.69) is 41.5 Å². The Bertz CT molecular complexity index is 940. The van der Waals surface area contributed by atoms with E-state index in [0.29, 0.717) is 23.4 Å². The van der Waals surface area contributed by atoms with Crippen LogP contribution in [-0.4, -0.2) is 40.1 Å². The lowest BCUT2D eigenvalue weighted by Crippen LogP contribution is -2.28. The predicted octanol–water partition coefficient (Wildman–Crippen LogP) is 3.93. The molecule has 0 spiro atoms. The van der Waals surface area contributed by atoms with Gasteiger partial charge >= 0.3 is 0 Å². The molecule has 6 nitrogen and oxygen atoms in total. The van der Waals surface area contributed by atoms with Crippen LogP contribution in [0.3, 0.4) is 0 Å². The molecule has 158 valence electrons. The van der Waals surface area contributed by atoms with Gasteiger partial charge in [0.1, 0.15) is 11.6 Å². The van der Waals surface area contributed by atoms with Gasteiger partial charge in [0.25, 0.3) is 0 Å². The molecular weight excluding hydrogens is 396 g/mol. The molecule has 2 aromatic carbocycles. The Kier molecular flexibility index (Phi) is 7.90. The number of nitrogens with one attached hydrogen (secondary N) is 1. The lowest BCUT2D eigenvalue weighted by Gasteiger charge is -2.11. The number of nitrogens with zero attached hydrogens (tertiary/aromatic N) is 3. The summed E-state index contributed by atoms with van der Waals surface area (Å²) in [6.45, 7) is 4.83. The molecule has 0 bridgehead atoms. The van der Waals surface area contributed by atoms with Crippen LogP contribution in [-0.2, 0) is 17.6 Å². The first-order valence-corrected chi connectivity index (χ1v) is 11.1. The van der Waals surface area contributed by atoms with Gasteiger partial charge in [0.05, 0.1) is 12.9 Å². The molecule has 3 rings (SSSR count). The highest BCUT2D eigenvalue weighted by Gasteiger charge is 2.16. The maximum atomic E-state index is 12.2. The van der Waals surface area contributed by atoms with Crippen molar-refractivity contribution in [3.05, 3.63) is 66.0 Å². The fraction of sp³-hybridized carbons (Fsp3) is 0.348. The van der Waals surface area contributed by atoms with Crippen molar-refractivity contribution in [2.45, 2.75) is 31.8 Å². The Morgan fingerprint density at radius 2 is 1.80 bits per heavy atom. The van der Waals surface area contributed by atoms with E-state index in [1.165, 1.54) is 17.3 Å². The van der Waals surface area contributed by atoms with Crippen LogP contribution in [0.4, 0.5) is 0 Å². The first-order chi connectivity index (χ1) is 14.6. The molecule has 1 heterocycles. The van der Waals surface area contributed by atoms with Crippen LogP contribution in [0.25, 0.3) is 5.69 Å². The third-order valence-electron chi connectivity index (χ3n) is 4.55. The molecule has 0 aliphatic rings. The van der Waals surface area contributed by atoms with Gasteiger partial charge in [0.15, 0.2) is 5.16 Å². The third-order valence-corrected chi connectivity index (χ3v) is 5.48. The van der Waals surface area contributed by atoms with Gasteiger partial charge in [-0.05, 0) is 42.2 Å². The quantitative estimate of drug-likeness (QED) is 0.500. The standard InChI is InChI=1S/C23H28N4O2S/c1-17(2)15-24-22(28)16-30-23-26-25-21(14-9-18-7-5-4-6-8-18)27(23)19-10-12-20(29-3)13-11-19/h4-8,10-13,17H,9,14-16H2,1-3H3,(H,24,28). The molecule has 1 N–H and O–H groups in total. The van der Waals surface area contributed by atoms with Crippen molar-refractivity contribution < 1.29 is 9.53 Å². The molecule has 0 fully saturated rings. The second-order valence-corrected chi connectivity index (χ2v) is 8.35. The summed E-state index contributed by atoms with van der Waals surface area (Å²) >= 11 is 1.40. The maximum Gasteiger partial charge on any atom is 0.230 e. The largest absolute Gasteiger partial charge is 0.497 e. The summed E-state index contributed by atoms with van der Waals surface area (Å²) in [7, 11) is 1.65. The van der Waals surface area contributed by atoms with Gasteiger partial charge in [0.2, 0.25) is 5.91 Å². The van der Waals surface area contributed by atoms with Gasteiger partial charge in [0, 0.05) is 18.7 Å². The molecule has 30 heavy (non-hydrogen) atoms. The zero-order chi connectivity index (χ0) is 21.3. The van der Waals surface area contributed by atoms with E-state index in [-0.39, 0.29) is 5.91 Å². The second-order valence-electron chi connectivity index (χ2n) is 7.40. The van der Waals surface area contributed by atoms with E-state index in [9.17, 15) is 4.79 Å². The number of hydrogen-bond acceptors (Lipinski definition) is 5. The number of methoxy groups -OCH3 is 1. The molecule has 3 aromatic rings. The molecule has 0 saturated carbocycles. The number of rotatable bonds is 10. The number of carbonyl (C=O) groups is 1. The molecular formula is C23H28N4O2S. The number of carbonyl (C=O) groups excluding carboxylic acids is 1. The fourth-order valence-electron chi connectivity index (χ4n) is 2.95. The smallest absolute Gasteiger partial charge is 0.230 e. The zero-order valence-corrected chi connectivity index (χ0v) is 18.5. The van der Waals surface area contributed by atoms with E-state index < -0.39 is 0 Å². The van der Waals surface area contributed by atoms with Gasteiger partial charge in [-0.3, -0.25) is 9.36 Å². The van der Waals surface area contributed by atoms with Crippen molar-refractivity contribution in [1.29, 1.82) is 0 Å². The van der Waals surface area contributed by atoms with Crippen LogP contribution in [0.15, 0.2) is 59.8 Å². The Balaban J connectivity index is 1.78. The van der Waals surface area contributed by atoms with Crippen LogP contribution in [0.2, 0.25) is 0 Å². The molecule has 7 heteroatoms. The number of benzene rings is 2. The average molecular weight is 425 g/mol. The van der Waals surface area contributed by atoms with Crippen molar-refractivity contribution in [2.75, 3.05) is 19.4 Å². The Labute approximate surface area is 182 Å². The molecule has 0 radical (unpaired) electrons. The van der Waals surface area contributed by atoms with E-state index in [1.54, 1.807) is 7.11 Å². The second kappa shape index (κ2) is 10.8. The van der Waals surface area contributed by atoms with Gasteiger partial charge in [-0.25, -0.2) is 0 Å². The molecule has 1 amide bonds. The summed E-state index contributed by atoms with van der Waals surface area (Å²) in [5.41, 5.74) is 2.21. The summed E-state index contributed by atoms with van der Waals surface area (Å²) in [5.74, 6) is 2.39. The fourth-order valence-corrected chi connectivity index (χ4v) is 3.75. The SMILES string of the molecule is COc1ccc(-n2c(CCc3ccccc3)nnc2SCC(=O)NCC(C)C)cc1. The van der Waals surface area contributed by atoms with E-state index in [1.807, 2.05) is 47.0 Å². The van der Waals surface area contributed by atoms with Crippen LogP contribution in [0.5, 0.6) is 5.75 Å². The maximum absolute atomic E-state index is 12.2. The summed E-state index contributed by atoms with van der Waals surface area (Å²) < 4.78 is 7.31. The minimum absolute atomic E-state index is 0.00353. The van der Waals surface area contributed by atoms with Gasteiger partial charge in [-0.15, -0.1) is 10.2 Å². The molecule has 0 aliphatic heterocycles. The molecule has 0 unspecified atom stereocenters. The molecule has 1 aromatic heterocycles. The molecule has 0 atom stereocenters. The number of aryl methyl sites for hydroxylation is 2. The first kappa shape index (κ1) is 21.9. The van der Waals surface area contributed by atoms with Crippen LogP contribution in [0, 0.1) is 5.92 Å². The van der Waals surface area contributed by atoms with E-state index in [0.717, 1.165) is 30.1 Å². The Hall–Kier alpha value is -2.80. The number of amides is 1. The van der Waals surface area contributed by atoms with Crippen molar-refractivity contribution >= 4 is 17.7 Å². The predicted molar refractivity (Wildman–Crippen MR) is 120 cm³/mol. The summed E-state index contributed by atoms with van der Waals surface area (Å²) in [6.07, 6.45) is 1.62. The van der Waals surface area contributed by atoms with Crippen molar-refractivity contribution in [3.63, 3.8) is 0 Å². The zero-order valence-electron chi connectivity index (χ0n) is 17.7. The lowest BCUT2D eigenvalue weighted by molar-refractivity contribution is -0.118. The first-order valence-electron chi connectivity index (χ1n) is 10.1. The van der Waals surface area contributed by atoms with Crippen LogP contribution in [0.1, 0.15) is 25.2 Å². The number of thioether (sulfide) groups is 1. The number of aromatic nitrogens is 3. The van der Waals surface area contributed by atoms with Crippen LogP contribution >= 0.6 is 11.8 Å². The average Bonchev–Trinajstić information content (AvgIpc) is 3.18. The topological polar surface area (TPSA) is 69.0 Å². The minimum atomic E-state index is 0.00353. The molecule has 0 saturated heterocycles. The number of hydrogen-bond donors (Lipinski definition) is 1. The summed E-state index contributed by atoms with van der Waals surface area (Å²) in [4.78, 5) is 12.2. The Morgan fingerprint density at radius 3 is 2.47 bits per heavy atom. The monoisotopic (exact) mass is 424 g/mol.